The molecule has 0 aliphatic heterocycles. The summed E-state index contributed by atoms with van der Waals surface area (Å²) in [6, 6.07) is 4.00. The summed E-state index contributed by atoms with van der Waals surface area (Å²) >= 11 is 0. The molecule has 0 bridgehead atoms. The van der Waals surface area contributed by atoms with Crippen molar-refractivity contribution < 1.29 is 4.74 Å². The molecule has 1 atom stereocenters. The van der Waals surface area contributed by atoms with Crippen LogP contribution in [0.1, 0.15) is 46.1 Å². The molecule has 2 N–H and O–H groups in total. The number of hydrogen-bond acceptors (Lipinski definition) is 4. The van der Waals surface area contributed by atoms with Gasteiger partial charge in [-0.2, -0.15) is 4.98 Å². The number of anilines is 1. The minimum absolute atomic E-state index is 0.290. The Balaban J connectivity index is 2.25. The summed E-state index contributed by atoms with van der Waals surface area (Å²) in [7, 11) is 1.62. The predicted octanol–water partition coefficient (Wildman–Crippen LogP) is 3.41. The van der Waals surface area contributed by atoms with E-state index >= 15 is 0 Å². The van der Waals surface area contributed by atoms with Gasteiger partial charge in [0.15, 0.2) is 5.65 Å². The molecule has 110 valence electrons. The Morgan fingerprint density at radius 1 is 1.20 bits per heavy atom. The lowest BCUT2D eigenvalue weighted by Gasteiger charge is -2.16. The van der Waals surface area contributed by atoms with Gasteiger partial charge in [-0.15, -0.1) is 0 Å². The minimum Gasteiger partial charge on any atom is -0.481 e. The van der Waals surface area contributed by atoms with Crippen LogP contribution in [0.3, 0.4) is 0 Å². The van der Waals surface area contributed by atoms with E-state index in [0.717, 1.165) is 23.5 Å². The number of methoxy groups -OCH3 is 1. The predicted molar refractivity (Wildman–Crippen MR) is 81.9 cm³/mol. The molecule has 0 spiro atoms. The molecule has 2 aromatic rings. The number of imidazole rings is 1. The third-order valence-electron chi connectivity index (χ3n) is 3.59. The van der Waals surface area contributed by atoms with Crippen LogP contribution in [0.5, 0.6) is 5.88 Å². The summed E-state index contributed by atoms with van der Waals surface area (Å²) in [6.45, 7) is 6.66. The van der Waals surface area contributed by atoms with Crippen LogP contribution in [-0.4, -0.2) is 21.6 Å². The van der Waals surface area contributed by atoms with Gasteiger partial charge in [0.2, 0.25) is 11.8 Å². The molecule has 0 fully saturated rings. The summed E-state index contributed by atoms with van der Waals surface area (Å²) in [5, 5.41) is 0. The Hall–Kier alpha value is -1.78. The topological polar surface area (TPSA) is 66.0 Å². The monoisotopic (exact) mass is 276 g/mol. The van der Waals surface area contributed by atoms with Crippen LogP contribution in [0.2, 0.25) is 0 Å². The molecular formula is C15H24N4O. The van der Waals surface area contributed by atoms with Gasteiger partial charge in [0, 0.05) is 12.1 Å². The highest BCUT2D eigenvalue weighted by Gasteiger charge is 2.15. The third kappa shape index (κ3) is 3.03. The minimum atomic E-state index is 0.290. The van der Waals surface area contributed by atoms with Gasteiger partial charge in [0.05, 0.1) is 7.11 Å². The number of hydrogen-bond donors (Lipinski definition) is 1. The van der Waals surface area contributed by atoms with Crippen molar-refractivity contribution in [1.82, 2.24) is 14.5 Å². The first kappa shape index (κ1) is 14.6. The number of nitrogens with zero attached hydrogens (tertiary/aromatic N) is 3. The number of nitrogen functional groups attached to an aromatic ring is 1. The second-order valence-corrected chi connectivity index (χ2v) is 5.71. The summed E-state index contributed by atoms with van der Waals surface area (Å²) in [5.74, 6) is 1.85. The first-order valence-corrected chi connectivity index (χ1v) is 7.21. The first-order chi connectivity index (χ1) is 9.52. The van der Waals surface area contributed by atoms with E-state index in [9.17, 15) is 0 Å². The maximum atomic E-state index is 6.05. The second-order valence-electron chi connectivity index (χ2n) is 5.71. The number of nitrogens with two attached hydrogens (primary N) is 1. The van der Waals surface area contributed by atoms with Crippen LogP contribution in [-0.2, 0) is 0 Å². The summed E-state index contributed by atoms with van der Waals surface area (Å²) in [6.07, 6.45) is 3.49. The van der Waals surface area contributed by atoms with E-state index < -0.39 is 0 Å². The zero-order chi connectivity index (χ0) is 14.7. The number of pyridine rings is 1. The van der Waals surface area contributed by atoms with Crippen molar-refractivity contribution in [1.29, 1.82) is 0 Å². The van der Waals surface area contributed by atoms with Gasteiger partial charge in [0.1, 0.15) is 5.52 Å². The fourth-order valence-electron chi connectivity index (χ4n) is 2.47. The van der Waals surface area contributed by atoms with Crippen LogP contribution in [0.25, 0.3) is 11.2 Å². The SMILES string of the molecule is COc1ccc2nc(N)n(C(C)CCCC(C)C)c2n1. The standard InChI is InChI=1S/C15H24N4O/c1-10(2)6-5-7-11(3)19-14-12(17-15(19)16)8-9-13(18-14)20-4/h8-11H,5-7H2,1-4H3,(H2,16,17). The van der Waals surface area contributed by atoms with Crippen molar-refractivity contribution in [2.24, 2.45) is 5.92 Å². The van der Waals surface area contributed by atoms with Crippen molar-refractivity contribution in [2.45, 2.75) is 46.1 Å². The normalized spacial score (nSPS) is 13.1. The zero-order valence-corrected chi connectivity index (χ0v) is 12.8. The molecule has 0 aliphatic rings. The first-order valence-electron chi connectivity index (χ1n) is 7.21. The van der Waals surface area contributed by atoms with Gasteiger partial charge in [-0.1, -0.05) is 26.7 Å². The molecule has 2 heterocycles. The Morgan fingerprint density at radius 2 is 1.95 bits per heavy atom. The molecule has 20 heavy (non-hydrogen) atoms. The second kappa shape index (κ2) is 6.11. The van der Waals surface area contributed by atoms with E-state index in [-0.39, 0.29) is 0 Å². The number of rotatable bonds is 6. The average Bonchev–Trinajstić information content (AvgIpc) is 2.72. The maximum absolute atomic E-state index is 6.05. The molecule has 2 aromatic heterocycles. The quantitative estimate of drug-likeness (QED) is 0.878. The van der Waals surface area contributed by atoms with E-state index in [1.54, 1.807) is 7.11 Å². The molecule has 1 unspecified atom stereocenters. The molecule has 5 nitrogen and oxygen atoms in total. The Morgan fingerprint density at radius 3 is 2.60 bits per heavy atom. The number of fused-ring (bicyclic) bond motifs is 1. The van der Waals surface area contributed by atoms with E-state index in [2.05, 4.69) is 30.7 Å². The Kier molecular flexibility index (Phi) is 4.47. The highest BCUT2D eigenvalue weighted by atomic mass is 16.5. The fraction of sp³-hybridized carbons (Fsp3) is 0.600. The Labute approximate surface area is 120 Å². The van der Waals surface area contributed by atoms with Crippen LogP contribution in [0.4, 0.5) is 5.95 Å². The third-order valence-corrected chi connectivity index (χ3v) is 3.59. The van der Waals surface area contributed by atoms with Crippen LogP contribution >= 0.6 is 0 Å². The van der Waals surface area contributed by atoms with Gasteiger partial charge >= 0.3 is 0 Å². The van der Waals surface area contributed by atoms with Crippen molar-refractivity contribution >= 4 is 17.1 Å². The molecule has 5 heteroatoms. The van der Waals surface area contributed by atoms with Crippen molar-refractivity contribution in [3.8, 4) is 5.88 Å². The summed E-state index contributed by atoms with van der Waals surface area (Å²) in [4.78, 5) is 8.85. The lowest BCUT2D eigenvalue weighted by molar-refractivity contribution is 0.398. The van der Waals surface area contributed by atoms with E-state index in [1.807, 2.05) is 16.7 Å². The van der Waals surface area contributed by atoms with Crippen molar-refractivity contribution in [3.63, 3.8) is 0 Å². The van der Waals surface area contributed by atoms with Gasteiger partial charge in [0.25, 0.3) is 0 Å². The van der Waals surface area contributed by atoms with E-state index in [0.29, 0.717) is 17.9 Å². The molecular weight excluding hydrogens is 252 g/mol. The van der Waals surface area contributed by atoms with E-state index in [4.69, 9.17) is 10.5 Å². The molecule has 0 aliphatic carbocycles. The van der Waals surface area contributed by atoms with Gasteiger partial charge in [-0.25, -0.2) is 4.98 Å². The number of aromatic nitrogens is 3. The highest BCUT2D eigenvalue weighted by molar-refractivity contribution is 5.75. The smallest absolute Gasteiger partial charge is 0.215 e. The lowest BCUT2D eigenvalue weighted by atomic mass is 10.0. The van der Waals surface area contributed by atoms with E-state index in [1.165, 1.54) is 12.8 Å². The van der Waals surface area contributed by atoms with Gasteiger partial charge in [-0.05, 0) is 25.3 Å². The number of ether oxygens (including phenoxy) is 1. The maximum Gasteiger partial charge on any atom is 0.215 e. The average molecular weight is 276 g/mol. The lowest BCUT2D eigenvalue weighted by Crippen LogP contribution is -2.10. The van der Waals surface area contributed by atoms with Crippen LogP contribution in [0, 0.1) is 5.92 Å². The summed E-state index contributed by atoms with van der Waals surface area (Å²) in [5.41, 5.74) is 7.67. The molecule has 0 saturated heterocycles. The summed E-state index contributed by atoms with van der Waals surface area (Å²) < 4.78 is 7.20. The zero-order valence-electron chi connectivity index (χ0n) is 12.8. The molecule has 2 rings (SSSR count). The molecule has 0 radical (unpaired) electrons. The van der Waals surface area contributed by atoms with Crippen LogP contribution < -0.4 is 10.5 Å². The van der Waals surface area contributed by atoms with Crippen molar-refractivity contribution in [3.05, 3.63) is 12.1 Å². The van der Waals surface area contributed by atoms with Gasteiger partial charge in [-0.3, -0.25) is 4.57 Å². The molecule has 0 aromatic carbocycles. The molecule has 0 amide bonds. The Bertz CT molecular complexity index is 577. The van der Waals surface area contributed by atoms with Crippen molar-refractivity contribution in [2.75, 3.05) is 12.8 Å². The largest absolute Gasteiger partial charge is 0.481 e. The fourth-order valence-corrected chi connectivity index (χ4v) is 2.47. The highest BCUT2D eigenvalue weighted by Crippen LogP contribution is 2.26. The molecule has 0 saturated carbocycles. The van der Waals surface area contributed by atoms with Crippen LogP contribution in [0.15, 0.2) is 12.1 Å². The van der Waals surface area contributed by atoms with Gasteiger partial charge < -0.3 is 10.5 Å².